The van der Waals surface area contributed by atoms with Crippen LogP contribution < -0.4 is 9.64 Å². The molecule has 5 nitrogen and oxygen atoms in total. The smallest absolute Gasteiger partial charge is 0.247 e. The van der Waals surface area contributed by atoms with Crippen molar-refractivity contribution in [2.45, 2.75) is 22.9 Å². The molecule has 7 heteroatoms. The second-order valence-electron chi connectivity index (χ2n) is 5.76. The van der Waals surface area contributed by atoms with Crippen molar-refractivity contribution in [3.63, 3.8) is 0 Å². The summed E-state index contributed by atoms with van der Waals surface area (Å²) in [6.07, 6.45) is 0.193. The number of ether oxygens (including phenoxy) is 1. The van der Waals surface area contributed by atoms with Crippen LogP contribution in [-0.2, 0) is 9.59 Å². The van der Waals surface area contributed by atoms with Gasteiger partial charge in [0.05, 0.1) is 22.5 Å². The Hall–Kier alpha value is -2.38. The summed E-state index contributed by atoms with van der Waals surface area (Å²) in [5, 5.41) is -0.436. The maximum absolute atomic E-state index is 12.7. The number of amides is 2. The van der Waals surface area contributed by atoms with Crippen molar-refractivity contribution >= 4 is 50.8 Å². The minimum absolute atomic E-state index is 0.168. The van der Waals surface area contributed by atoms with Gasteiger partial charge in [0.25, 0.3) is 0 Å². The van der Waals surface area contributed by atoms with Crippen LogP contribution in [0.1, 0.15) is 13.3 Å². The Bertz CT molecular complexity index is 971. The molecule has 0 saturated carbocycles. The van der Waals surface area contributed by atoms with Gasteiger partial charge in [0.2, 0.25) is 11.8 Å². The molecular formula is C19H16N2O3S2. The van der Waals surface area contributed by atoms with Crippen LogP contribution in [0.3, 0.4) is 0 Å². The molecule has 26 heavy (non-hydrogen) atoms. The summed E-state index contributed by atoms with van der Waals surface area (Å²) >= 11 is 2.89. The molecular weight excluding hydrogens is 368 g/mol. The van der Waals surface area contributed by atoms with Gasteiger partial charge in [-0.3, -0.25) is 9.59 Å². The molecule has 1 aromatic heterocycles. The minimum atomic E-state index is -0.436. The highest BCUT2D eigenvalue weighted by atomic mass is 32.2. The number of para-hydroxylation sites is 1. The lowest BCUT2D eigenvalue weighted by Gasteiger charge is -2.14. The van der Waals surface area contributed by atoms with Gasteiger partial charge in [0.15, 0.2) is 4.34 Å². The molecule has 2 amide bonds. The van der Waals surface area contributed by atoms with Gasteiger partial charge < -0.3 is 4.74 Å². The van der Waals surface area contributed by atoms with Crippen molar-refractivity contribution in [1.82, 2.24) is 4.98 Å². The second-order valence-corrected chi connectivity index (χ2v) is 8.24. The van der Waals surface area contributed by atoms with Crippen LogP contribution >= 0.6 is 23.1 Å². The number of benzene rings is 2. The van der Waals surface area contributed by atoms with Crippen LogP contribution in [-0.4, -0.2) is 28.7 Å². The zero-order valence-electron chi connectivity index (χ0n) is 14.0. The number of rotatable bonds is 5. The van der Waals surface area contributed by atoms with E-state index in [1.54, 1.807) is 12.1 Å². The molecule has 132 valence electrons. The van der Waals surface area contributed by atoms with E-state index in [-0.39, 0.29) is 18.2 Å². The van der Waals surface area contributed by atoms with E-state index in [0.29, 0.717) is 12.3 Å². The third-order valence-electron chi connectivity index (χ3n) is 4.01. The number of thiazole rings is 1. The number of fused-ring (bicyclic) bond motifs is 1. The SMILES string of the molecule is CCOc1ccc2sc(S[C@H]3CC(=O)N(c4ccccc4)C3=O)nc2c1. The van der Waals surface area contributed by atoms with Gasteiger partial charge in [-0.2, -0.15) is 0 Å². The Morgan fingerprint density at radius 2 is 2.04 bits per heavy atom. The normalized spacial score (nSPS) is 17.3. The molecule has 0 radical (unpaired) electrons. The molecule has 0 unspecified atom stereocenters. The van der Waals surface area contributed by atoms with Gasteiger partial charge in [-0.05, 0) is 31.2 Å². The number of hydrogen-bond donors (Lipinski definition) is 0. The fraction of sp³-hybridized carbons (Fsp3) is 0.211. The fourth-order valence-electron chi connectivity index (χ4n) is 2.86. The topological polar surface area (TPSA) is 59.5 Å². The summed E-state index contributed by atoms with van der Waals surface area (Å²) in [7, 11) is 0. The molecule has 4 rings (SSSR count). The number of carbonyl (C=O) groups is 2. The summed E-state index contributed by atoms with van der Waals surface area (Å²) in [5.41, 5.74) is 1.47. The molecule has 1 aliphatic heterocycles. The van der Waals surface area contributed by atoms with Gasteiger partial charge >= 0.3 is 0 Å². The molecule has 1 saturated heterocycles. The molecule has 3 aromatic rings. The Kier molecular flexibility index (Phi) is 4.65. The molecule has 0 bridgehead atoms. The van der Waals surface area contributed by atoms with Crippen LogP contribution in [0.2, 0.25) is 0 Å². The van der Waals surface area contributed by atoms with Crippen LogP contribution in [0.15, 0.2) is 52.9 Å². The first-order chi connectivity index (χ1) is 12.7. The third kappa shape index (κ3) is 3.20. The van der Waals surface area contributed by atoms with E-state index >= 15 is 0 Å². The van der Waals surface area contributed by atoms with Crippen molar-refractivity contribution in [1.29, 1.82) is 0 Å². The van der Waals surface area contributed by atoms with Gasteiger partial charge in [-0.1, -0.05) is 30.0 Å². The summed E-state index contributed by atoms with van der Waals surface area (Å²) < 4.78 is 7.32. The highest BCUT2D eigenvalue weighted by Gasteiger charge is 2.40. The highest BCUT2D eigenvalue weighted by molar-refractivity contribution is 8.02. The zero-order chi connectivity index (χ0) is 18.1. The van der Waals surface area contributed by atoms with E-state index in [0.717, 1.165) is 20.3 Å². The van der Waals surface area contributed by atoms with E-state index in [1.807, 2.05) is 43.3 Å². The van der Waals surface area contributed by atoms with E-state index in [9.17, 15) is 9.59 Å². The maximum atomic E-state index is 12.7. The number of imide groups is 1. The summed E-state index contributed by atoms with van der Waals surface area (Å²) in [6.45, 7) is 2.54. The lowest BCUT2D eigenvalue weighted by molar-refractivity contribution is -0.121. The van der Waals surface area contributed by atoms with Gasteiger partial charge in [0, 0.05) is 12.5 Å². The van der Waals surface area contributed by atoms with Gasteiger partial charge in [-0.15, -0.1) is 11.3 Å². The van der Waals surface area contributed by atoms with Crippen LogP contribution in [0.25, 0.3) is 10.2 Å². The van der Waals surface area contributed by atoms with E-state index in [2.05, 4.69) is 4.98 Å². The lowest BCUT2D eigenvalue weighted by atomic mass is 10.3. The molecule has 0 N–H and O–H groups in total. The summed E-state index contributed by atoms with van der Waals surface area (Å²) in [4.78, 5) is 30.9. The molecule has 2 heterocycles. The average Bonchev–Trinajstić information content (AvgIpc) is 3.16. The Balaban J connectivity index is 1.55. The quantitative estimate of drug-likeness (QED) is 0.619. The predicted molar refractivity (Wildman–Crippen MR) is 104 cm³/mol. The van der Waals surface area contributed by atoms with Crippen LogP contribution in [0.5, 0.6) is 5.75 Å². The molecule has 1 fully saturated rings. The van der Waals surface area contributed by atoms with Crippen molar-refractivity contribution in [3.8, 4) is 5.75 Å². The standard InChI is InChI=1S/C19H16N2O3S2/c1-2-24-13-8-9-15-14(10-13)20-19(25-15)26-16-11-17(22)21(18(16)23)12-6-4-3-5-7-12/h3-10,16H,2,11H2,1H3/t16-/m0/s1. The van der Waals surface area contributed by atoms with E-state index < -0.39 is 5.25 Å². The molecule has 0 spiro atoms. The number of anilines is 1. The van der Waals surface area contributed by atoms with E-state index in [1.165, 1.54) is 28.0 Å². The first kappa shape index (κ1) is 17.1. The fourth-order valence-corrected chi connectivity index (χ4v) is 5.17. The van der Waals surface area contributed by atoms with Crippen molar-refractivity contribution in [2.75, 3.05) is 11.5 Å². The van der Waals surface area contributed by atoms with Crippen molar-refractivity contribution in [3.05, 3.63) is 48.5 Å². The summed E-state index contributed by atoms with van der Waals surface area (Å²) in [6, 6.07) is 14.8. The van der Waals surface area contributed by atoms with Crippen molar-refractivity contribution in [2.24, 2.45) is 0 Å². The Labute approximate surface area is 159 Å². The lowest BCUT2D eigenvalue weighted by Crippen LogP contribution is -2.30. The number of hydrogen-bond acceptors (Lipinski definition) is 6. The molecule has 1 atom stereocenters. The molecule has 0 aliphatic carbocycles. The Morgan fingerprint density at radius 3 is 2.81 bits per heavy atom. The monoisotopic (exact) mass is 384 g/mol. The van der Waals surface area contributed by atoms with Gasteiger partial charge in [0.1, 0.15) is 11.0 Å². The Morgan fingerprint density at radius 1 is 1.23 bits per heavy atom. The predicted octanol–water partition coefficient (Wildman–Crippen LogP) is 4.12. The first-order valence-corrected chi connectivity index (χ1v) is 9.97. The largest absolute Gasteiger partial charge is 0.494 e. The van der Waals surface area contributed by atoms with E-state index in [4.69, 9.17) is 4.74 Å². The number of thioether (sulfide) groups is 1. The summed E-state index contributed by atoms with van der Waals surface area (Å²) in [5.74, 6) is 0.433. The minimum Gasteiger partial charge on any atom is -0.494 e. The van der Waals surface area contributed by atoms with Crippen molar-refractivity contribution < 1.29 is 14.3 Å². The molecule has 1 aliphatic rings. The zero-order valence-corrected chi connectivity index (χ0v) is 15.7. The van der Waals surface area contributed by atoms with Gasteiger partial charge in [-0.25, -0.2) is 9.88 Å². The average molecular weight is 384 g/mol. The van der Waals surface area contributed by atoms with Crippen LogP contribution in [0.4, 0.5) is 5.69 Å². The second kappa shape index (κ2) is 7.09. The first-order valence-electron chi connectivity index (χ1n) is 8.27. The number of carbonyl (C=O) groups excluding carboxylic acids is 2. The number of nitrogens with zero attached hydrogens (tertiary/aromatic N) is 2. The third-order valence-corrected chi connectivity index (χ3v) is 6.33. The molecule has 2 aromatic carbocycles. The van der Waals surface area contributed by atoms with Crippen LogP contribution in [0, 0.1) is 0 Å². The highest BCUT2D eigenvalue weighted by Crippen LogP contribution is 2.38. The number of aromatic nitrogens is 1. The maximum Gasteiger partial charge on any atom is 0.247 e.